The average Bonchev–Trinajstić information content (AvgIpc) is 3.02. The summed E-state index contributed by atoms with van der Waals surface area (Å²) in [4.78, 5) is 21.0. The van der Waals surface area contributed by atoms with Gasteiger partial charge in [-0.25, -0.2) is 4.99 Å². The summed E-state index contributed by atoms with van der Waals surface area (Å²) in [6.45, 7) is 5.11. The van der Waals surface area contributed by atoms with Crippen molar-refractivity contribution in [3.63, 3.8) is 0 Å². The first-order valence-electron chi connectivity index (χ1n) is 8.81. The molecule has 0 aliphatic heterocycles. The fourth-order valence-electron chi connectivity index (χ4n) is 2.43. The van der Waals surface area contributed by atoms with E-state index in [0.717, 1.165) is 24.9 Å². The second kappa shape index (κ2) is 11.1. The predicted molar refractivity (Wildman–Crippen MR) is 119 cm³/mol. The zero-order valence-corrected chi connectivity index (χ0v) is 18.3. The number of H-pyrrole nitrogens is 1. The van der Waals surface area contributed by atoms with Gasteiger partial charge in [0, 0.05) is 43.8 Å². The molecule has 0 bridgehead atoms. The van der Waals surface area contributed by atoms with Crippen molar-refractivity contribution in [2.75, 3.05) is 27.2 Å². The summed E-state index contributed by atoms with van der Waals surface area (Å²) in [5.74, 6) is 0.672. The Balaban J connectivity index is 0.00000338. The molecule has 1 amide bonds. The number of aromatic amines is 1. The third-order valence-electron chi connectivity index (χ3n) is 4.23. The molecule has 0 aliphatic carbocycles. The van der Waals surface area contributed by atoms with Gasteiger partial charge in [0.05, 0.1) is 0 Å². The summed E-state index contributed by atoms with van der Waals surface area (Å²) < 4.78 is 0. The Morgan fingerprint density at radius 3 is 2.73 bits per heavy atom. The van der Waals surface area contributed by atoms with Crippen molar-refractivity contribution in [3.05, 3.63) is 36.0 Å². The maximum Gasteiger partial charge on any atom is 0.243 e. The molecule has 0 radical (unpaired) electrons. The van der Waals surface area contributed by atoms with E-state index in [9.17, 15) is 4.79 Å². The smallest absolute Gasteiger partial charge is 0.243 e. The predicted octanol–water partition coefficient (Wildman–Crippen LogP) is 2.75. The molecule has 1 aromatic heterocycles. The van der Waals surface area contributed by atoms with Crippen LogP contribution in [0.25, 0.3) is 10.9 Å². The van der Waals surface area contributed by atoms with E-state index >= 15 is 0 Å². The monoisotopic (exact) mass is 471 g/mol. The van der Waals surface area contributed by atoms with Crippen molar-refractivity contribution in [1.82, 2.24) is 20.5 Å². The molecule has 0 saturated heterocycles. The van der Waals surface area contributed by atoms with Crippen LogP contribution in [0.15, 0.2) is 35.5 Å². The summed E-state index contributed by atoms with van der Waals surface area (Å²) in [6, 6.07) is 8.59. The Bertz CT molecular complexity index is 726. The van der Waals surface area contributed by atoms with Crippen LogP contribution < -0.4 is 10.6 Å². The lowest BCUT2D eigenvalue weighted by Gasteiger charge is -2.17. The maximum absolute atomic E-state index is 11.8. The topological polar surface area (TPSA) is 72.5 Å². The molecule has 0 spiro atoms. The van der Waals surface area contributed by atoms with Crippen molar-refractivity contribution in [2.24, 2.45) is 4.99 Å². The molecule has 7 heteroatoms. The van der Waals surface area contributed by atoms with Crippen molar-refractivity contribution in [1.29, 1.82) is 0 Å². The van der Waals surface area contributed by atoms with E-state index in [-0.39, 0.29) is 36.4 Å². The summed E-state index contributed by atoms with van der Waals surface area (Å²) in [7, 11) is 3.48. The van der Waals surface area contributed by atoms with E-state index in [1.807, 2.05) is 6.07 Å². The molecule has 26 heavy (non-hydrogen) atoms. The second-order valence-corrected chi connectivity index (χ2v) is 6.44. The Hall–Kier alpha value is -1.77. The molecular formula is C19H30IN5O. The zero-order valence-electron chi connectivity index (χ0n) is 16.0. The number of para-hydroxylation sites is 1. The van der Waals surface area contributed by atoms with Crippen LogP contribution in [0.3, 0.4) is 0 Å². The number of carbonyl (C=O) groups is 1. The van der Waals surface area contributed by atoms with Gasteiger partial charge < -0.3 is 20.5 Å². The third-order valence-corrected chi connectivity index (χ3v) is 4.23. The molecule has 2 rings (SSSR count). The number of likely N-dealkylation sites (N-methyl/N-ethyl adjacent to an activating group) is 1. The molecule has 1 atom stereocenters. The number of nitrogens with zero attached hydrogens (tertiary/aromatic N) is 2. The Kier molecular flexibility index (Phi) is 9.47. The standard InChI is InChI=1S/C19H29N5O.HI/c1-5-14(2)23-19(22-13-18(25)24(3)4)20-11-10-15-12-21-17-9-7-6-8-16(15)17;/h6-9,12,14,21H,5,10-11,13H2,1-4H3,(H2,20,22,23);1H. The average molecular weight is 471 g/mol. The Morgan fingerprint density at radius 1 is 1.31 bits per heavy atom. The van der Waals surface area contributed by atoms with E-state index in [4.69, 9.17) is 0 Å². The van der Waals surface area contributed by atoms with Gasteiger partial charge in [-0.15, -0.1) is 24.0 Å². The van der Waals surface area contributed by atoms with Crippen LogP contribution in [0.4, 0.5) is 0 Å². The van der Waals surface area contributed by atoms with Crippen molar-refractivity contribution in [3.8, 4) is 0 Å². The highest BCUT2D eigenvalue weighted by molar-refractivity contribution is 14.0. The number of halogens is 1. The van der Waals surface area contributed by atoms with Crippen LogP contribution >= 0.6 is 24.0 Å². The summed E-state index contributed by atoms with van der Waals surface area (Å²) in [5, 5.41) is 7.93. The molecule has 3 N–H and O–H groups in total. The van der Waals surface area contributed by atoms with E-state index in [2.05, 4.69) is 58.9 Å². The van der Waals surface area contributed by atoms with Crippen LogP contribution in [0.1, 0.15) is 25.8 Å². The number of hydrogen-bond acceptors (Lipinski definition) is 2. The molecule has 1 heterocycles. The first-order chi connectivity index (χ1) is 12.0. The van der Waals surface area contributed by atoms with Crippen LogP contribution in [0.2, 0.25) is 0 Å². The first-order valence-corrected chi connectivity index (χ1v) is 8.81. The number of aliphatic imine (C=N–C) groups is 1. The fourth-order valence-corrected chi connectivity index (χ4v) is 2.43. The van der Waals surface area contributed by atoms with Gasteiger partial charge in [-0.2, -0.15) is 0 Å². The van der Waals surface area contributed by atoms with E-state index in [1.165, 1.54) is 10.9 Å². The van der Waals surface area contributed by atoms with Gasteiger partial charge in [-0.3, -0.25) is 4.79 Å². The molecule has 1 unspecified atom stereocenters. The van der Waals surface area contributed by atoms with Gasteiger partial charge in [0.2, 0.25) is 5.91 Å². The number of nitrogens with one attached hydrogen (secondary N) is 3. The number of carbonyl (C=O) groups excluding carboxylic acids is 1. The molecule has 2 aromatic rings. The summed E-state index contributed by atoms with van der Waals surface area (Å²) >= 11 is 0. The Morgan fingerprint density at radius 2 is 2.04 bits per heavy atom. The SMILES string of the molecule is CCC(C)NC(=NCC(=O)N(C)C)NCCc1c[nH]c2ccccc12.I. The maximum atomic E-state index is 11.8. The first kappa shape index (κ1) is 22.3. The van der Waals surface area contributed by atoms with Gasteiger partial charge in [-0.1, -0.05) is 25.1 Å². The molecule has 6 nitrogen and oxygen atoms in total. The van der Waals surface area contributed by atoms with Crippen LogP contribution in [-0.2, 0) is 11.2 Å². The number of benzene rings is 1. The number of hydrogen-bond donors (Lipinski definition) is 3. The number of amides is 1. The highest BCUT2D eigenvalue weighted by Gasteiger charge is 2.08. The van der Waals surface area contributed by atoms with Crippen LogP contribution in [-0.4, -0.2) is 55.0 Å². The minimum absolute atomic E-state index is 0. The van der Waals surface area contributed by atoms with E-state index < -0.39 is 0 Å². The lowest BCUT2D eigenvalue weighted by Crippen LogP contribution is -2.43. The molecule has 144 valence electrons. The molecule has 0 saturated carbocycles. The fraction of sp³-hybridized carbons (Fsp3) is 0.474. The quantitative estimate of drug-likeness (QED) is 0.331. The number of guanidine groups is 1. The minimum atomic E-state index is -0.0121. The summed E-state index contributed by atoms with van der Waals surface area (Å²) in [6.07, 6.45) is 3.93. The van der Waals surface area contributed by atoms with Gasteiger partial charge in [0.1, 0.15) is 6.54 Å². The lowest BCUT2D eigenvalue weighted by atomic mass is 10.1. The third kappa shape index (κ3) is 6.51. The summed E-state index contributed by atoms with van der Waals surface area (Å²) in [5.41, 5.74) is 2.43. The van der Waals surface area contributed by atoms with E-state index in [0.29, 0.717) is 12.0 Å². The van der Waals surface area contributed by atoms with E-state index in [1.54, 1.807) is 19.0 Å². The second-order valence-electron chi connectivity index (χ2n) is 6.44. The highest BCUT2D eigenvalue weighted by Crippen LogP contribution is 2.17. The van der Waals surface area contributed by atoms with Gasteiger partial charge in [0.15, 0.2) is 5.96 Å². The van der Waals surface area contributed by atoms with Crippen LogP contribution in [0, 0.1) is 0 Å². The Labute approximate surface area is 172 Å². The van der Waals surface area contributed by atoms with Crippen LogP contribution in [0.5, 0.6) is 0 Å². The molecule has 1 aromatic carbocycles. The minimum Gasteiger partial charge on any atom is -0.361 e. The highest BCUT2D eigenvalue weighted by atomic mass is 127. The van der Waals surface area contributed by atoms with Crippen molar-refractivity contribution in [2.45, 2.75) is 32.7 Å². The number of fused-ring (bicyclic) bond motifs is 1. The van der Waals surface area contributed by atoms with Crippen molar-refractivity contribution >= 4 is 46.7 Å². The van der Waals surface area contributed by atoms with Gasteiger partial charge in [-0.05, 0) is 31.4 Å². The van der Waals surface area contributed by atoms with Crippen molar-refractivity contribution < 1.29 is 4.79 Å². The molecular weight excluding hydrogens is 441 g/mol. The van der Waals surface area contributed by atoms with Gasteiger partial charge >= 0.3 is 0 Å². The lowest BCUT2D eigenvalue weighted by molar-refractivity contribution is -0.127. The largest absolute Gasteiger partial charge is 0.361 e. The number of aromatic nitrogens is 1. The number of rotatable bonds is 7. The van der Waals surface area contributed by atoms with Gasteiger partial charge in [0.25, 0.3) is 0 Å². The molecule has 0 aliphatic rings. The normalized spacial score (nSPS) is 12.4. The molecule has 0 fully saturated rings. The zero-order chi connectivity index (χ0) is 18.2.